The lowest BCUT2D eigenvalue weighted by atomic mass is 10.2. The first-order valence-corrected chi connectivity index (χ1v) is 5.93. The highest BCUT2D eigenvalue weighted by molar-refractivity contribution is 5.87. The Morgan fingerprint density at radius 2 is 2.11 bits per heavy atom. The summed E-state index contributed by atoms with van der Waals surface area (Å²) in [7, 11) is 0. The molecule has 0 saturated carbocycles. The quantitative estimate of drug-likeness (QED) is 0.413. The van der Waals surface area contributed by atoms with Gasteiger partial charge in [-0.3, -0.25) is 9.79 Å². The molecule has 1 aromatic carbocycles. The fourth-order valence-corrected chi connectivity index (χ4v) is 1.48. The Labute approximate surface area is 112 Å². The van der Waals surface area contributed by atoms with Gasteiger partial charge < -0.3 is 15.5 Å². The van der Waals surface area contributed by atoms with Crippen LogP contribution >= 0.6 is 0 Å². The van der Waals surface area contributed by atoms with Gasteiger partial charge in [0.1, 0.15) is 11.5 Å². The van der Waals surface area contributed by atoms with Crippen LogP contribution < -0.4 is 5.32 Å². The van der Waals surface area contributed by atoms with Gasteiger partial charge in [-0.25, -0.2) is 0 Å². The lowest BCUT2D eigenvalue weighted by Gasteiger charge is -2.03. The molecular weight excluding hydrogens is 244 g/mol. The number of carbonyl (C=O) groups excluding carboxylic acids is 1. The Balaban J connectivity index is 2.41. The van der Waals surface area contributed by atoms with Crippen LogP contribution in [0.15, 0.2) is 35.0 Å². The van der Waals surface area contributed by atoms with Crippen molar-refractivity contribution in [1.29, 1.82) is 0 Å². The topological polar surface area (TPSA) is 81.9 Å². The Kier molecular flexibility index (Phi) is 5.60. The Morgan fingerprint density at radius 3 is 2.74 bits per heavy atom. The van der Waals surface area contributed by atoms with E-state index in [1.54, 1.807) is 12.3 Å². The summed E-state index contributed by atoms with van der Waals surface area (Å²) >= 11 is 0. The summed E-state index contributed by atoms with van der Waals surface area (Å²) in [4.78, 5) is 14.9. The lowest BCUT2D eigenvalue weighted by molar-refractivity contribution is -0.112. The Bertz CT molecular complexity index is 507. The number of benzene rings is 1. The Hall–Kier alpha value is -2.30. The number of aromatic hydroxyl groups is 2. The molecule has 3 N–H and O–H groups in total. The van der Waals surface area contributed by atoms with Crippen molar-refractivity contribution in [2.24, 2.45) is 4.99 Å². The monoisotopic (exact) mass is 262 g/mol. The molecule has 0 amide bonds. The van der Waals surface area contributed by atoms with Crippen molar-refractivity contribution in [3.8, 4) is 11.5 Å². The first kappa shape index (κ1) is 14.8. The number of hydrogen-bond donors (Lipinski definition) is 3. The number of hydrogen-bond acceptors (Lipinski definition) is 5. The van der Waals surface area contributed by atoms with Crippen LogP contribution in [0.5, 0.6) is 11.5 Å². The van der Waals surface area contributed by atoms with E-state index in [9.17, 15) is 9.90 Å². The molecule has 0 aliphatic carbocycles. The van der Waals surface area contributed by atoms with E-state index in [2.05, 4.69) is 10.3 Å². The summed E-state index contributed by atoms with van der Waals surface area (Å²) in [5.41, 5.74) is 1.35. The minimum absolute atomic E-state index is 0.00233. The molecule has 0 bridgehead atoms. The molecule has 0 radical (unpaired) electrons. The third-order valence-electron chi connectivity index (χ3n) is 2.31. The second kappa shape index (κ2) is 7.20. The number of nitrogens with zero attached hydrogens (tertiary/aromatic N) is 1. The molecular formula is C14H18N2O3. The van der Waals surface area contributed by atoms with Crippen LogP contribution in [0.2, 0.25) is 0 Å². The van der Waals surface area contributed by atoms with Crippen molar-refractivity contribution in [3.63, 3.8) is 0 Å². The molecule has 0 heterocycles. The van der Waals surface area contributed by atoms with Gasteiger partial charge in [-0.1, -0.05) is 0 Å². The second-order valence-electron chi connectivity index (χ2n) is 4.14. The fourth-order valence-electron chi connectivity index (χ4n) is 1.48. The average Bonchev–Trinajstić information content (AvgIpc) is 2.30. The molecule has 0 saturated heterocycles. The molecule has 102 valence electrons. The highest BCUT2D eigenvalue weighted by Crippen LogP contribution is 2.20. The van der Waals surface area contributed by atoms with E-state index >= 15 is 0 Å². The standard InChI is InChI=1S/C14H18N2O3/c1-10(7-11(2)17)16-6-5-15-9-12-3-4-13(18)8-14(12)19/h3-4,7-9,16,18-19H,5-6H2,1-2H3/b10-7+,15-9?. The molecule has 1 aromatic rings. The zero-order chi connectivity index (χ0) is 14.3. The van der Waals surface area contributed by atoms with Gasteiger partial charge in [-0.2, -0.15) is 0 Å². The molecule has 0 unspecified atom stereocenters. The molecule has 0 aliphatic rings. The van der Waals surface area contributed by atoms with Crippen molar-refractivity contribution in [2.75, 3.05) is 13.1 Å². The number of nitrogens with one attached hydrogen (secondary N) is 1. The molecule has 5 heteroatoms. The highest BCUT2D eigenvalue weighted by atomic mass is 16.3. The van der Waals surface area contributed by atoms with Crippen LogP contribution in [0.25, 0.3) is 0 Å². The van der Waals surface area contributed by atoms with E-state index in [0.29, 0.717) is 18.7 Å². The maximum absolute atomic E-state index is 10.8. The molecule has 0 aromatic heterocycles. The zero-order valence-corrected chi connectivity index (χ0v) is 11.1. The molecule has 5 nitrogen and oxygen atoms in total. The van der Waals surface area contributed by atoms with Crippen LogP contribution in [0.1, 0.15) is 19.4 Å². The first-order valence-electron chi connectivity index (χ1n) is 5.93. The largest absolute Gasteiger partial charge is 0.508 e. The maximum atomic E-state index is 10.8. The van der Waals surface area contributed by atoms with E-state index < -0.39 is 0 Å². The summed E-state index contributed by atoms with van der Waals surface area (Å²) in [6, 6.07) is 4.33. The molecule has 0 fully saturated rings. The summed E-state index contributed by atoms with van der Waals surface area (Å²) in [5.74, 6) is 0.00759. The van der Waals surface area contributed by atoms with E-state index in [4.69, 9.17) is 5.11 Å². The van der Waals surface area contributed by atoms with Crippen molar-refractivity contribution >= 4 is 12.0 Å². The third-order valence-corrected chi connectivity index (χ3v) is 2.31. The normalized spacial score (nSPS) is 11.8. The molecule has 0 atom stereocenters. The van der Waals surface area contributed by atoms with Crippen LogP contribution in [-0.4, -0.2) is 35.3 Å². The number of carbonyl (C=O) groups is 1. The van der Waals surface area contributed by atoms with Gasteiger partial charge >= 0.3 is 0 Å². The van der Waals surface area contributed by atoms with Gasteiger partial charge in [-0.05, 0) is 32.1 Å². The number of aliphatic imine (C=N–C) groups is 1. The molecule has 0 spiro atoms. The predicted molar refractivity (Wildman–Crippen MR) is 74.7 cm³/mol. The van der Waals surface area contributed by atoms with Gasteiger partial charge in [0.2, 0.25) is 0 Å². The number of rotatable bonds is 6. The van der Waals surface area contributed by atoms with Gasteiger partial charge in [0.15, 0.2) is 5.78 Å². The maximum Gasteiger partial charge on any atom is 0.154 e. The van der Waals surface area contributed by atoms with E-state index in [-0.39, 0.29) is 17.3 Å². The number of phenolic OH excluding ortho intramolecular Hbond substituents is 2. The van der Waals surface area contributed by atoms with E-state index in [1.807, 2.05) is 6.92 Å². The van der Waals surface area contributed by atoms with E-state index in [0.717, 1.165) is 5.70 Å². The third kappa shape index (κ3) is 5.72. The van der Waals surface area contributed by atoms with Crippen molar-refractivity contribution in [1.82, 2.24) is 5.32 Å². The SMILES string of the molecule is CC(=O)/C=C(\C)NCCN=Cc1ccc(O)cc1O. The van der Waals surface area contributed by atoms with Crippen LogP contribution in [0, 0.1) is 0 Å². The summed E-state index contributed by atoms with van der Waals surface area (Å²) in [5, 5.41) is 21.7. The minimum atomic E-state index is -0.00985. The number of phenols is 2. The first-order chi connectivity index (χ1) is 8.99. The zero-order valence-electron chi connectivity index (χ0n) is 11.1. The van der Waals surface area contributed by atoms with Crippen LogP contribution in [-0.2, 0) is 4.79 Å². The van der Waals surface area contributed by atoms with Crippen molar-refractivity contribution in [2.45, 2.75) is 13.8 Å². The second-order valence-corrected chi connectivity index (χ2v) is 4.14. The Morgan fingerprint density at radius 1 is 1.37 bits per heavy atom. The van der Waals surface area contributed by atoms with Gasteiger partial charge in [0.25, 0.3) is 0 Å². The molecule has 1 rings (SSSR count). The van der Waals surface area contributed by atoms with Crippen molar-refractivity contribution < 1.29 is 15.0 Å². The van der Waals surface area contributed by atoms with Gasteiger partial charge in [0, 0.05) is 30.1 Å². The fraction of sp³-hybridized carbons (Fsp3) is 0.286. The van der Waals surface area contributed by atoms with Gasteiger partial charge in [-0.15, -0.1) is 0 Å². The number of ketones is 1. The predicted octanol–water partition coefficient (Wildman–Crippen LogP) is 1.60. The number of allylic oxidation sites excluding steroid dienone is 2. The van der Waals surface area contributed by atoms with Crippen molar-refractivity contribution in [3.05, 3.63) is 35.5 Å². The highest BCUT2D eigenvalue weighted by Gasteiger charge is 1.98. The summed E-state index contributed by atoms with van der Waals surface area (Å²) in [6.45, 7) is 4.43. The summed E-state index contributed by atoms with van der Waals surface area (Å²) in [6.07, 6.45) is 3.07. The summed E-state index contributed by atoms with van der Waals surface area (Å²) < 4.78 is 0. The average molecular weight is 262 g/mol. The minimum Gasteiger partial charge on any atom is -0.508 e. The molecule has 0 aliphatic heterocycles. The molecule has 19 heavy (non-hydrogen) atoms. The smallest absolute Gasteiger partial charge is 0.154 e. The van der Waals surface area contributed by atoms with E-state index in [1.165, 1.54) is 25.1 Å². The van der Waals surface area contributed by atoms with Gasteiger partial charge in [0.05, 0.1) is 6.54 Å². The van der Waals surface area contributed by atoms with Crippen LogP contribution in [0.3, 0.4) is 0 Å². The van der Waals surface area contributed by atoms with Crippen LogP contribution in [0.4, 0.5) is 0 Å². The lowest BCUT2D eigenvalue weighted by Crippen LogP contribution is -2.16.